The van der Waals surface area contributed by atoms with Crippen LogP contribution in [-0.2, 0) is 0 Å². The van der Waals surface area contributed by atoms with Gasteiger partial charge < -0.3 is 5.32 Å². The molecule has 0 aromatic rings. The lowest BCUT2D eigenvalue weighted by atomic mass is 9.68. The van der Waals surface area contributed by atoms with Gasteiger partial charge in [-0.3, -0.25) is 0 Å². The average molecular weight is 265 g/mol. The predicted octanol–water partition coefficient (Wildman–Crippen LogP) is 5.15. The molecule has 0 amide bonds. The van der Waals surface area contributed by atoms with E-state index < -0.39 is 0 Å². The Labute approximate surface area is 120 Å². The van der Waals surface area contributed by atoms with Crippen LogP contribution < -0.4 is 5.32 Å². The Morgan fingerprint density at radius 2 is 1.68 bits per heavy atom. The highest BCUT2D eigenvalue weighted by atomic mass is 14.9. The van der Waals surface area contributed by atoms with Crippen molar-refractivity contribution in [2.24, 2.45) is 17.3 Å². The van der Waals surface area contributed by atoms with Crippen molar-refractivity contribution in [3.8, 4) is 0 Å². The maximum Gasteiger partial charge on any atom is 0.0149 e. The van der Waals surface area contributed by atoms with Crippen molar-refractivity contribution in [2.75, 3.05) is 6.54 Å². The van der Waals surface area contributed by atoms with Crippen LogP contribution in [0.15, 0.2) is 0 Å². The van der Waals surface area contributed by atoms with E-state index in [1.807, 2.05) is 0 Å². The molecule has 2 saturated carbocycles. The molecule has 0 aliphatic heterocycles. The van der Waals surface area contributed by atoms with Gasteiger partial charge in [-0.05, 0) is 55.9 Å². The smallest absolute Gasteiger partial charge is 0.0149 e. The molecule has 1 atom stereocenters. The SMILES string of the molecule is CCCNC(C1CCC(CC)CC1)C1(C)CCCC1. The van der Waals surface area contributed by atoms with Gasteiger partial charge >= 0.3 is 0 Å². The third-order valence-electron chi connectivity index (χ3n) is 6.05. The van der Waals surface area contributed by atoms with E-state index in [0.29, 0.717) is 5.41 Å². The summed E-state index contributed by atoms with van der Waals surface area (Å²) in [4.78, 5) is 0. The van der Waals surface area contributed by atoms with Crippen molar-refractivity contribution < 1.29 is 0 Å². The normalized spacial score (nSPS) is 32.4. The first-order valence-electron chi connectivity index (χ1n) is 8.93. The zero-order valence-electron chi connectivity index (χ0n) is 13.5. The predicted molar refractivity (Wildman–Crippen MR) is 84.4 cm³/mol. The van der Waals surface area contributed by atoms with Crippen LogP contribution in [0.4, 0.5) is 0 Å². The number of nitrogens with one attached hydrogen (secondary N) is 1. The quantitative estimate of drug-likeness (QED) is 0.700. The van der Waals surface area contributed by atoms with Crippen molar-refractivity contribution in [3.05, 3.63) is 0 Å². The summed E-state index contributed by atoms with van der Waals surface area (Å²) in [6.07, 6.45) is 14.5. The Kier molecular flexibility index (Phi) is 5.74. The van der Waals surface area contributed by atoms with E-state index >= 15 is 0 Å². The fraction of sp³-hybridized carbons (Fsp3) is 1.00. The minimum atomic E-state index is 0.596. The number of hydrogen-bond acceptors (Lipinski definition) is 1. The van der Waals surface area contributed by atoms with Crippen LogP contribution in [0.2, 0.25) is 0 Å². The van der Waals surface area contributed by atoms with Gasteiger partial charge in [0.2, 0.25) is 0 Å². The van der Waals surface area contributed by atoms with Crippen LogP contribution >= 0.6 is 0 Å². The van der Waals surface area contributed by atoms with Crippen molar-refractivity contribution in [1.82, 2.24) is 5.32 Å². The maximum absolute atomic E-state index is 3.95. The Bertz CT molecular complexity index is 246. The summed E-state index contributed by atoms with van der Waals surface area (Å²) in [5.74, 6) is 1.98. The third kappa shape index (κ3) is 3.74. The molecular formula is C18H35N. The zero-order valence-corrected chi connectivity index (χ0v) is 13.5. The molecule has 2 aliphatic carbocycles. The highest BCUT2D eigenvalue weighted by molar-refractivity contribution is 4.96. The largest absolute Gasteiger partial charge is 0.313 e. The second kappa shape index (κ2) is 7.11. The first-order chi connectivity index (χ1) is 9.19. The molecule has 0 aromatic heterocycles. The molecule has 0 bridgehead atoms. The molecule has 2 fully saturated rings. The van der Waals surface area contributed by atoms with Gasteiger partial charge in [-0.1, -0.05) is 52.9 Å². The van der Waals surface area contributed by atoms with E-state index in [4.69, 9.17) is 0 Å². The van der Waals surface area contributed by atoms with Gasteiger partial charge in [0, 0.05) is 6.04 Å². The lowest BCUT2D eigenvalue weighted by Gasteiger charge is -2.43. The fourth-order valence-corrected chi connectivity index (χ4v) is 4.71. The highest BCUT2D eigenvalue weighted by Crippen LogP contribution is 2.46. The Morgan fingerprint density at radius 1 is 1.05 bits per heavy atom. The topological polar surface area (TPSA) is 12.0 Å². The minimum absolute atomic E-state index is 0.596. The van der Waals surface area contributed by atoms with Crippen LogP contribution in [0.5, 0.6) is 0 Å². The number of rotatable bonds is 6. The molecule has 0 aromatic carbocycles. The van der Waals surface area contributed by atoms with Gasteiger partial charge in [0.15, 0.2) is 0 Å². The Morgan fingerprint density at radius 3 is 2.21 bits per heavy atom. The molecule has 2 aliphatic rings. The summed E-state index contributed by atoms with van der Waals surface area (Å²) in [6.45, 7) is 8.46. The van der Waals surface area contributed by atoms with E-state index in [1.165, 1.54) is 70.8 Å². The Balaban J connectivity index is 1.97. The van der Waals surface area contributed by atoms with Crippen molar-refractivity contribution in [1.29, 1.82) is 0 Å². The lowest BCUT2D eigenvalue weighted by molar-refractivity contribution is 0.116. The lowest BCUT2D eigenvalue weighted by Crippen LogP contribution is -2.48. The van der Waals surface area contributed by atoms with Gasteiger partial charge in [0.1, 0.15) is 0 Å². The molecule has 1 N–H and O–H groups in total. The van der Waals surface area contributed by atoms with Gasteiger partial charge in [0.25, 0.3) is 0 Å². The molecule has 0 spiro atoms. The summed E-state index contributed by atoms with van der Waals surface area (Å²) < 4.78 is 0. The fourth-order valence-electron chi connectivity index (χ4n) is 4.71. The second-order valence-electron chi connectivity index (χ2n) is 7.48. The molecule has 2 rings (SSSR count). The van der Waals surface area contributed by atoms with Crippen LogP contribution in [-0.4, -0.2) is 12.6 Å². The summed E-state index contributed by atoms with van der Waals surface area (Å²) in [5, 5.41) is 3.95. The van der Waals surface area contributed by atoms with Gasteiger partial charge in [-0.2, -0.15) is 0 Å². The zero-order chi connectivity index (χ0) is 13.7. The van der Waals surface area contributed by atoms with E-state index in [9.17, 15) is 0 Å². The monoisotopic (exact) mass is 265 g/mol. The first kappa shape index (κ1) is 15.4. The number of hydrogen-bond donors (Lipinski definition) is 1. The van der Waals surface area contributed by atoms with E-state index in [0.717, 1.165) is 17.9 Å². The minimum Gasteiger partial charge on any atom is -0.313 e. The molecule has 0 saturated heterocycles. The maximum atomic E-state index is 3.95. The highest BCUT2D eigenvalue weighted by Gasteiger charge is 2.41. The van der Waals surface area contributed by atoms with Crippen molar-refractivity contribution in [2.45, 2.75) is 91.0 Å². The molecule has 112 valence electrons. The molecule has 0 heterocycles. The third-order valence-corrected chi connectivity index (χ3v) is 6.05. The average Bonchev–Trinajstić information content (AvgIpc) is 2.87. The van der Waals surface area contributed by atoms with Crippen molar-refractivity contribution >= 4 is 0 Å². The van der Waals surface area contributed by atoms with E-state index in [2.05, 4.69) is 26.1 Å². The summed E-state index contributed by atoms with van der Waals surface area (Å²) >= 11 is 0. The Hall–Kier alpha value is -0.0400. The van der Waals surface area contributed by atoms with Crippen LogP contribution in [0, 0.1) is 17.3 Å². The summed E-state index contributed by atoms with van der Waals surface area (Å²) in [5.41, 5.74) is 0.596. The first-order valence-corrected chi connectivity index (χ1v) is 8.93. The molecule has 1 nitrogen and oxygen atoms in total. The van der Waals surface area contributed by atoms with Crippen molar-refractivity contribution in [3.63, 3.8) is 0 Å². The van der Waals surface area contributed by atoms with Gasteiger partial charge in [-0.15, -0.1) is 0 Å². The van der Waals surface area contributed by atoms with Crippen LogP contribution in [0.3, 0.4) is 0 Å². The molecule has 0 radical (unpaired) electrons. The molecule has 1 heteroatoms. The summed E-state index contributed by atoms with van der Waals surface area (Å²) in [7, 11) is 0. The van der Waals surface area contributed by atoms with E-state index in [-0.39, 0.29) is 0 Å². The molecular weight excluding hydrogens is 230 g/mol. The van der Waals surface area contributed by atoms with E-state index in [1.54, 1.807) is 0 Å². The standard InChI is InChI=1S/C18H35N/c1-4-14-19-17(18(3)12-6-7-13-18)16-10-8-15(5-2)9-11-16/h15-17,19H,4-14H2,1-3H3. The second-order valence-corrected chi connectivity index (χ2v) is 7.48. The van der Waals surface area contributed by atoms with Crippen LogP contribution in [0.25, 0.3) is 0 Å². The summed E-state index contributed by atoms with van der Waals surface area (Å²) in [6, 6.07) is 0.799. The van der Waals surface area contributed by atoms with Gasteiger partial charge in [-0.25, -0.2) is 0 Å². The van der Waals surface area contributed by atoms with Gasteiger partial charge in [0.05, 0.1) is 0 Å². The van der Waals surface area contributed by atoms with Crippen LogP contribution in [0.1, 0.15) is 85.0 Å². The molecule has 19 heavy (non-hydrogen) atoms. The molecule has 1 unspecified atom stereocenters.